The number of hydrogen-bond donors (Lipinski definition) is 1. The minimum atomic E-state index is 0.294. The third kappa shape index (κ3) is 2.93. The highest BCUT2D eigenvalue weighted by Gasteiger charge is 2.32. The lowest BCUT2D eigenvalue weighted by Crippen LogP contribution is -2.47. The van der Waals surface area contributed by atoms with E-state index < -0.39 is 0 Å². The number of nitrogens with zero attached hydrogens (tertiary/aromatic N) is 2. The van der Waals surface area contributed by atoms with Gasteiger partial charge in [-0.2, -0.15) is 4.98 Å². The topological polar surface area (TPSA) is 46.6 Å². The number of methoxy groups -OCH3 is 1. The molecule has 1 aliphatic rings. The Morgan fingerprint density at radius 3 is 2.72 bits per heavy atom. The van der Waals surface area contributed by atoms with Crippen LogP contribution in [0.4, 0.5) is 5.13 Å². The molecule has 0 aliphatic carbocycles. The predicted octanol–water partition coefficient (Wildman–Crippen LogP) is 1.34. The Morgan fingerprint density at radius 1 is 1.50 bits per heavy atom. The Balaban J connectivity index is 1.91. The lowest BCUT2D eigenvalue weighted by Gasteiger charge is -2.38. The van der Waals surface area contributed by atoms with Crippen molar-refractivity contribution >= 4 is 16.5 Å². The van der Waals surface area contributed by atoms with E-state index in [9.17, 15) is 0 Å². The Morgan fingerprint density at radius 2 is 2.22 bits per heavy atom. The number of rotatable bonds is 6. The van der Waals surface area contributed by atoms with E-state index in [0.717, 1.165) is 42.2 Å². The number of hydrogen-bond acceptors (Lipinski definition) is 6. The first-order valence-corrected chi connectivity index (χ1v) is 6.85. The largest absolute Gasteiger partial charge is 0.480 e. The second kappa shape index (κ2) is 5.42. The molecule has 0 bridgehead atoms. The molecule has 0 amide bonds. The molecule has 0 atom stereocenters. The number of nitrogens with one attached hydrogen (secondary N) is 1. The molecule has 5 nitrogen and oxygen atoms in total. The minimum Gasteiger partial charge on any atom is -0.480 e. The van der Waals surface area contributed by atoms with Crippen LogP contribution >= 0.6 is 11.3 Å². The fourth-order valence-corrected chi connectivity index (χ4v) is 2.74. The number of ether oxygens (including phenoxy) is 2. The van der Waals surface area contributed by atoms with Gasteiger partial charge in [0, 0.05) is 32.6 Å². The summed E-state index contributed by atoms with van der Waals surface area (Å²) in [5.41, 5.74) is 0.294. The van der Waals surface area contributed by atoms with E-state index in [1.54, 1.807) is 18.4 Å². The molecule has 1 aromatic rings. The maximum atomic E-state index is 5.31. The molecule has 2 rings (SSSR count). The smallest absolute Gasteiger partial charge is 0.230 e. The standard InChI is InChI=1S/C12H21N3O2S/c1-12(7-17-8-12)6-13-5-9-10(16-4)14-11(18-9)15(2)3/h13H,5-8H2,1-4H3. The van der Waals surface area contributed by atoms with Gasteiger partial charge < -0.3 is 19.7 Å². The van der Waals surface area contributed by atoms with Crippen LogP contribution in [0, 0.1) is 5.41 Å². The zero-order valence-corrected chi connectivity index (χ0v) is 12.3. The number of aromatic nitrogens is 1. The third-order valence-corrected chi connectivity index (χ3v) is 4.17. The van der Waals surface area contributed by atoms with Crippen LogP contribution in [0.15, 0.2) is 0 Å². The van der Waals surface area contributed by atoms with Crippen molar-refractivity contribution in [1.82, 2.24) is 10.3 Å². The van der Waals surface area contributed by atoms with E-state index in [1.165, 1.54) is 0 Å². The summed E-state index contributed by atoms with van der Waals surface area (Å²) in [5.74, 6) is 0.728. The summed E-state index contributed by atoms with van der Waals surface area (Å²) in [4.78, 5) is 7.58. The van der Waals surface area contributed by atoms with Crippen LogP contribution in [0.3, 0.4) is 0 Å². The Kier molecular flexibility index (Phi) is 4.09. The van der Waals surface area contributed by atoms with Crippen LogP contribution in [0.2, 0.25) is 0 Å². The molecule has 2 heterocycles. The van der Waals surface area contributed by atoms with Gasteiger partial charge in [0.2, 0.25) is 5.88 Å². The molecule has 1 fully saturated rings. The number of anilines is 1. The van der Waals surface area contributed by atoms with Gasteiger partial charge in [-0.05, 0) is 0 Å². The molecule has 0 aromatic carbocycles. The molecule has 102 valence electrons. The highest BCUT2D eigenvalue weighted by atomic mass is 32.1. The molecule has 18 heavy (non-hydrogen) atoms. The van der Waals surface area contributed by atoms with Crippen LogP contribution in [0.25, 0.3) is 0 Å². The fourth-order valence-electron chi connectivity index (χ4n) is 1.82. The van der Waals surface area contributed by atoms with Crippen molar-refractivity contribution in [1.29, 1.82) is 0 Å². The first kappa shape index (κ1) is 13.6. The van der Waals surface area contributed by atoms with Crippen molar-refractivity contribution in [3.8, 4) is 5.88 Å². The molecule has 0 saturated carbocycles. The molecule has 1 aromatic heterocycles. The van der Waals surface area contributed by atoms with Crippen LogP contribution in [0.5, 0.6) is 5.88 Å². The molecular formula is C12H21N3O2S. The highest BCUT2D eigenvalue weighted by Crippen LogP contribution is 2.31. The van der Waals surface area contributed by atoms with Gasteiger partial charge >= 0.3 is 0 Å². The molecular weight excluding hydrogens is 250 g/mol. The molecule has 1 N–H and O–H groups in total. The van der Waals surface area contributed by atoms with Crippen molar-refractivity contribution in [2.24, 2.45) is 5.41 Å². The van der Waals surface area contributed by atoms with E-state index in [1.807, 2.05) is 19.0 Å². The monoisotopic (exact) mass is 271 g/mol. The highest BCUT2D eigenvalue weighted by molar-refractivity contribution is 7.15. The first-order chi connectivity index (χ1) is 8.54. The van der Waals surface area contributed by atoms with Crippen LogP contribution < -0.4 is 15.0 Å². The van der Waals surface area contributed by atoms with Crippen molar-refractivity contribution in [3.05, 3.63) is 4.88 Å². The molecule has 0 spiro atoms. The third-order valence-electron chi connectivity index (χ3n) is 2.96. The summed E-state index contributed by atoms with van der Waals surface area (Å²) in [6.07, 6.45) is 0. The summed E-state index contributed by atoms with van der Waals surface area (Å²) in [5, 5.41) is 4.44. The quantitative estimate of drug-likeness (QED) is 0.846. The lowest BCUT2D eigenvalue weighted by atomic mass is 9.89. The van der Waals surface area contributed by atoms with E-state index in [-0.39, 0.29) is 0 Å². The predicted molar refractivity (Wildman–Crippen MR) is 73.6 cm³/mol. The van der Waals surface area contributed by atoms with Crippen LogP contribution in [0.1, 0.15) is 11.8 Å². The maximum Gasteiger partial charge on any atom is 0.230 e. The van der Waals surface area contributed by atoms with E-state index >= 15 is 0 Å². The summed E-state index contributed by atoms with van der Waals surface area (Å²) in [6.45, 7) is 5.69. The molecule has 6 heteroatoms. The number of thiazole rings is 1. The first-order valence-electron chi connectivity index (χ1n) is 6.03. The SMILES string of the molecule is COc1nc(N(C)C)sc1CNCC1(C)COC1. The maximum absolute atomic E-state index is 5.31. The second-order valence-electron chi connectivity index (χ2n) is 5.23. The minimum absolute atomic E-state index is 0.294. The van der Waals surface area contributed by atoms with Gasteiger partial charge in [-0.15, -0.1) is 0 Å². The molecule has 0 unspecified atom stereocenters. The van der Waals surface area contributed by atoms with Crippen molar-refractivity contribution in [2.45, 2.75) is 13.5 Å². The van der Waals surface area contributed by atoms with E-state index in [0.29, 0.717) is 5.41 Å². The van der Waals surface area contributed by atoms with Gasteiger partial charge in [-0.1, -0.05) is 18.3 Å². The second-order valence-corrected chi connectivity index (χ2v) is 6.29. The van der Waals surface area contributed by atoms with Crippen molar-refractivity contribution in [2.75, 3.05) is 45.9 Å². The summed E-state index contributed by atoms with van der Waals surface area (Å²) < 4.78 is 10.5. The van der Waals surface area contributed by atoms with Crippen molar-refractivity contribution in [3.63, 3.8) is 0 Å². The van der Waals surface area contributed by atoms with Gasteiger partial charge in [0.05, 0.1) is 25.2 Å². The van der Waals surface area contributed by atoms with Crippen molar-refractivity contribution < 1.29 is 9.47 Å². The van der Waals surface area contributed by atoms with E-state index in [4.69, 9.17) is 9.47 Å². The molecule has 1 aliphatic heterocycles. The molecule has 1 saturated heterocycles. The van der Waals surface area contributed by atoms with Crippen LogP contribution in [-0.4, -0.2) is 45.9 Å². The molecule has 0 radical (unpaired) electrons. The summed E-state index contributed by atoms with van der Waals surface area (Å²) >= 11 is 1.66. The van der Waals surface area contributed by atoms with Gasteiger partial charge in [0.15, 0.2) is 5.13 Å². The lowest BCUT2D eigenvalue weighted by molar-refractivity contribution is -0.0991. The fraction of sp³-hybridized carbons (Fsp3) is 0.750. The Labute approximate surface area is 112 Å². The normalized spacial score (nSPS) is 17.3. The Bertz CT molecular complexity index is 402. The summed E-state index contributed by atoms with van der Waals surface area (Å²) in [7, 11) is 5.64. The van der Waals surface area contributed by atoms with Gasteiger partial charge in [-0.25, -0.2) is 0 Å². The zero-order valence-electron chi connectivity index (χ0n) is 11.4. The summed E-state index contributed by atoms with van der Waals surface area (Å²) in [6, 6.07) is 0. The van der Waals surface area contributed by atoms with Gasteiger partial charge in [-0.3, -0.25) is 0 Å². The van der Waals surface area contributed by atoms with Crippen LogP contribution in [-0.2, 0) is 11.3 Å². The zero-order chi connectivity index (χ0) is 13.2. The average molecular weight is 271 g/mol. The van der Waals surface area contributed by atoms with E-state index in [2.05, 4.69) is 17.2 Å². The van der Waals surface area contributed by atoms with Gasteiger partial charge in [0.1, 0.15) is 0 Å². The average Bonchev–Trinajstić information content (AvgIpc) is 2.70. The Hall–Kier alpha value is -0.850. The van der Waals surface area contributed by atoms with Gasteiger partial charge in [0.25, 0.3) is 0 Å².